The molecule has 1 aliphatic rings. The number of β-amino-alcohol motifs (C(OH)–C–C–N with tert-alkyl or cyclic N) is 1. The summed E-state index contributed by atoms with van der Waals surface area (Å²) in [6.07, 6.45) is 3.26. The third kappa shape index (κ3) is 4.77. The van der Waals surface area contributed by atoms with E-state index < -0.39 is 6.10 Å². The average molecular weight is 318 g/mol. The summed E-state index contributed by atoms with van der Waals surface area (Å²) in [7, 11) is 1.75. The van der Waals surface area contributed by atoms with Crippen LogP contribution in [0.1, 0.15) is 24.2 Å². The average Bonchev–Trinajstić information content (AvgIpc) is 2.73. The highest BCUT2D eigenvalue weighted by Gasteiger charge is 2.26. The second-order valence-electron chi connectivity index (χ2n) is 6.10. The van der Waals surface area contributed by atoms with Gasteiger partial charge in [0.25, 0.3) is 5.91 Å². The third-order valence-electron chi connectivity index (χ3n) is 3.91. The Bertz CT molecular complexity index is 569. The molecule has 0 saturated carbocycles. The number of nitrogens with one attached hydrogen (secondary N) is 1. The molecule has 0 aromatic carbocycles. The molecule has 126 valence electrons. The summed E-state index contributed by atoms with van der Waals surface area (Å²) >= 11 is 0. The maximum atomic E-state index is 12.8. The van der Waals surface area contributed by atoms with Gasteiger partial charge in [-0.1, -0.05) is 11.6 Å². The lowest BCUT2D eigenvalue weighted by molar-refractivity contribution is 0.0666. The van der Waals surface area contributed by atoms with Crippen molar-refractivity contribution in [3.8, 4) is 0 Å². The Morgan fingerprint density at radius 3 is 2.91 bits per heavy atom. The zero-order valence-corrected chi connectivity index (χ0v) is 14.1. The minimum absolute atomic E-state index is 0.0921. The van der Waals surface area contributed by atoms with Gasteiger partial charge in [0.1, 0.15) is 5.82 Å². The molecule has 1 amide bonds. The minimum Gasteiger partial charge on any atom is -0.390 e. The van der Waals surface area contributed by atoms with Crippen LogP contribution in [0.5, 0.6) is 0 Å². The van der Waals surface area contributed by atoms with Crippen LogP contribution in [0.3, 0.4) is 0 Å². The number of aliphatic hydroxyl groups is 1. The van der Waals surface area contributed by atoms with Crippen molar-refractivity contribution in [1.82, 2.24) is 14.8 Å². The largest absolute Gasteiger partial charge is 0.390 e. The van der Waals surface area contributed by atoms with Crippen molar-refractivity contribution in [1.29, 1.82) is 0 Å². The topological polar surface area (TPSA) is 68.7 Å². The van der Waals surface area contributed by atoms with Gasteiger partial charge in [-0.05, 0) is 26.0 Å². The van der Waals surface area contributed by atoms with Crippen molar-refractivity contribution in [3.63, 3.8) is 0 Å². The molecule has 2 rings (SSSR count). The van der Waals surface area contributed by atoms with Crippen molar-refractivity contribution in [2.45, 2.75) is 20.0 Å². The first-order valence-electron chi connectivity index (χ1n) is 7.97. The number of aromatic nitrogens is 1. The number of rotatable bonds is 4. The molecule has 1 fully saturated rings. The smallest absolute Gasteiger partial charge is 0.257 e. The summed E-state index contributed by atoms with van der Waals surface area (Å²) in [4.78, 5) is 20.8. The number of allylic oxidation sites excluding steroid dienone is 1. The third-order valence-corrected chi connectivity index (χ3v) is 3.91. The number of carbonyl (C=O) groups is 1. The van der Waals surface area contributed by atoms with Crippen LogP contribution in [0.4, 0.5) is 5.82 Å². The zero-order chi connectivity index (χ0) is 16.8. The number of carbonyl (C=O) groups excluding carboxylic acids is 1. The standard InChI is InChI=1S/C17H26N4O2/c1-13(2)6-8-20-9-10-21(12-14(22)11-20)17(23)15-5-4-7-19-16(15)18-3/h4-7,14,22H,8-12H2,1-3H3,(H,18,19)/t14-/m1/s1. The molecule has 1 aliphatic heterocycles. The van der Waals surface area contributed by atoms with Gasteiger partial charge in [-0.15, -0.1) is 0 Å². The van der Waals surface area contributed by atoms with E-state index in [4.69, 9.17) is 0 Å². The van der Waals surface area contributed by atoms with Gasteiger partial charge < -0.3 is 15.3 Å². The predicted molar refractivity (Wildman–Crippen MR) is 91.6 cm³/mol. The lowest BCUT2D eigenvalue weighted by atomic mass is 10.2. The second-order valence-corrected chi connectivity index (χ2v) is 6.10. The Morgan fingerprint density at radius 2 is 2.22 bits per heavy atom. The summed E-state index contributed by atoms with van der Waals surface area (Å²) in [5, 5.41) is 13.2. The molecule has 0 unspecified atom stereocenters. The molecule has 1 atom stereocenters. The molecule has 6 nitrogen and oxygen atoms in total. The van der Waals surface area contributed by atoms with E-state index in [-0.39, 0.29) is 5.91 Å². The first-order valence-corrected chi connectivity index (χ1v) is 7.97. The Kier molecular flexibility index (Phi) is 6.12. The second kappa shape index (κ2) is 8.08. The highest BCUT2D eigenvalue weighted by Crippen LogP contribution is 2.15. The van der Waals surface area contributed by atoms with Crippen LogP contribution >= 0.6 is 0 Å². The molecule has 0 radical (unpaired) electrons. The molecule has 1 aromatic rings. The lowest BCUT2D eigenvalue weighted by Gasteiger charge is -2.22. The molecule has 0 bridgehead atoms. The zero-order valence-electron chi connectivity index (χ0n) is 14.1. The van der Waals surface area contributed by atoms with Crippen LogP contribution < -0.4 is 5.32 Å². The van der Waals surface area contributed by atoms with Crippen molar-refractivity contribution >= 4 is 11.7 Å². The predicted octanol–water partition coefficient (Wildman–Crippen LogP) is 1.21. The van der Waals surface area contributed by atoms with Gasteiger partial charge in [-0.25, -0.2) is 4.98 Å². The van der Waals surface area contributed by atoms with Gasteiger partial charge >= 0.3 is 0 Å². The molecular formula is C17H26N4O2. The number of pyridine rings is 1. The summed E-state index contributed by atoms with van der Waals surface area (Å²) in [5.74, 6) is 0.475. The molecule has 23 heavy (non-hydrogen) atoms. The fourth-order valence-corrected chi connectivity index (χ4v) is 2.66. The van der Waals surface area contributed by atoms with E-state index in [0.717, 1.165) is 13.1 Å². The van der Waals surface area contributed by atoms with Gasteiger partial charge in [0.05, 0.1) is 11.7 Å². The van der Waals surface area contributed by atoms with E-state index in [2.05, 4.69) is 35.1 Å². The normalized spacial score (nSPS) is 19.1. The molecular weight excluding hydrogens is 292 g/mol. The minimum atomic E-state index is -0.540. The molecule has 1 aromatic heterocycles. The maximum Gasteiger partial charge on any atom is 0.257 e. The monoisotopic (exact) mass is 318 g/mol. The Balaban J connectivity index is 2.08. The van der Waals surface area contributed by atoms with E-state index in [1.807, 2.05) is 0 Å². The SMILES string of the molecule is CNc1ncccc1C(=O)N1CCN(CC=C(C)C)C[C@@H](O)C1. The van der Waals surface area contributed by atoms with Crippen LogP contribution in [0.2, 0.25) is 0 Å². The van der Waals surface area contributed by atoms with Gasteiger partial charge in [-0.2, -0.15) is 0 Å². The highest BCUT2D eigenvalue weighted by molar-refractivity contribution is 5.98. The van der Waals surface area contributed by atoms with E-state index in [0.29, 0.717) is 31.0 Å². The molecule has 2 N–H and O–H groups in total. The number of amides is 1. The van der Waals surface area contributed by atoms with E-state index in [9.17, 15) is 9.90 Å². The van der Waals surface area contributed by atoms with Crippen molar-refractivity contribution in [2.24, 2.45) is 0 Å². The summed E-state index contributed by atoms with van der Waals surface area (Å²) in [6, 6.07) is 3.52. The summed E-state index contributed by atoms with van der Waals surface area (Å²) in [5.41, 5.74) is 1.80. The summed E-state index contributed by atoms with van der Waals surface area (Å²) in [6.45, 7) is 7.21. The number of nitrogens with zero attached hydrogens (tertiary/aromatic N) is 3. The number of hydrogen-bond acceptors (Lipinski definition) is 5. The van der Waals surface area contributed by atoms with Crippen LogP contribution in [0, 0.1) is 0 Å². The van der Waals surface area contributed by atoms with Crippen molar-refractivity contribution in [3.05, 3.63) is 35.5 Å². The van der Waals surface area contributed by atoms with Crippen LogP contribution in [-0.2, 0) is 0 Å². The van der Waals surface area contributed by atoms with E-state index in [1.54, 1.807) is 30.3 Å². The van der Waals surface area contributed by atoms with Crippen LogP contribution in [0.15, 0.2) is 30.0 Å². The molecule has 2 heterocycles. The van der Waals surface area contributed by atoms with Crippen molar-refractivity contribution in [2.75, 3.05) is 45.1 Å². The fourth-order valence-electron chi connectivity index (χ4n) is 2.66. The first-order chi connectivity index (χ1) is 11.0. The van der Waals surface area contributed by atoms with Gasteiger partial charge in [0, 0.05) is 46.0 Å². The Morgan fingerprint density at radius 1 is 1.43 bits per heavy atom. The fraction of sp³-hybridized carbons (Fsp3) is 0.529. The Labute approximate surface area is 137 Å². The maximum absolute atomic E-state index is 12.8. The lowest BCUT2D eigenvalue weighted by Crippen LogP contribution is -2.38. The number of hydrogen-bond donors (Lipinski definition) is 2. The van der Waals surface area contributed by atoms with Crippen LogP contribution in [0.25, 0.3) is 0 Å². The Hall–Kier alpha value is -1.92. The molecule has 1 saturated heterocycles. The molecule has 0 spiro atoms. The first kappa shape index (κ1) is 17.4. The summed E-state index contributed by atoms with van der Waals surface area (Å²) < 4.78 is 0. The quantitative estimate of drug-likeness (QED) is 0.817. The van der Waals surface area contributed by atoms with Gasteiger partial charge in [-0.3, -0.25) is 9.69 Å². The van der Waals surface area contributed by atoms with E-state index >= 15 is 0 Å². The van der Waals surface area contributed by atoms with E-state index in [1.165, 1.54) is 5.57 Å². The van der Waals surface area contributed by atoms with Gasteiger partial charge in [0.2, 0.25) is 0 Å². The molecule has 6 heteroatoms. The van der Waals surface area contributed by atoms with Gasteiger partial charge in [0.15, 0.2) is 0 Å². The van der Waals surface area contributed by atoms with Crippen molar-refractivity contribution < 1.29 is 9.90 Å². The van der Waals surface area contributed by atoms with Crippen LogP contribution in [-0.4, -0.2) is 71.7 Å². The number of aliphatic hydroxyl groups excluding tert-OH is 1. The highest BCUT2D eigenvalue weighted by atomic mass is 16.3. The molecule has 0 aliphatic carbocycles. The number of anilines is 1.